The van der Waals surface area contributed by atoms with Gasteiger partial charge in [-0.1, -0.05) is 17.7 Å². The molecule has 5 nitrogen and oxygen atoms in total. The number of amides is 2. The van der Waals surface area contributed by atoms with Gasteiger partial charge in [-0.25, -0.2) is 0 Å². The minimum atomic E-state index is -0.0337. The SMILES string of the molecule is Cc1cccc(C(=O)NCC2CCN(C(=O)/C=C/c3ccco3)CC2)c1. The molecule has 2 amide bonds. The smallest absolute Gasteiger partial charge is 0.251 e. The number of benzene rings is 1. The minimum absolute atomic E-state index is 0.00338. The van der Waals surface area contributed by atoms with Crippen molar-refractivity contribution in [3.8, 4) is 0 Å². The van der Waals surface area contributed by atoms with Crippen LogP contribution in [-0.4, -0.2) is 36.3 Å². The van der Waals surface area contributed by atoms with E-state index in [1.807, 2.05) is 42.2 Å². The second-order valence-electron chi connectivity index (χ2n) is 6.70. The summed E-state index contributed by atoms with van der Waals surface area (Å²) in [6, 6.07) is 11.2. The molecule has 1 fully saturated rings. The predicted octanol–water partition coefficient (Wildman–Crippen LogP) is 3.27. The molecule has 1 aliphatic rings. The lowest BCUT2D eigenvalue weighted by Crippen LogP contribution is -2.41. The first-order valence-electron chi connectivity index (χ1n) is 8.97. The van der Waals surface area contributed by atoms with Crippen molar-refractivity contribution in [1.29, 1.82) is 0 Å². The van der Waals surface area contributed by atoms with Crippen molar-refractivity contribution in [2.24, 2.45) is 5.92 Å². The number of carbonyl (C=O) groups excluding carboxylic acids is 2. The Hall–Kier alpha value is -2.82. The van der Waals surface area contributed by atoms with Crippen LogP contribution in [0.1, 0.15) is 34.5 Å². The quantitative estimate of drug-likeness (QED) is 0.840. The monoisotopic (exact) mass is 352 g/mol. The molecular weight excluding hydrogens is 328 g/mol. The molecule has 0 spiro atoms. The standard InChI is InChI=1S/C21H24N2O3/c1-16-4-2-5-18(14-16)21(25)22-15-17-9-11-23(12-10-17)20(24)8-7-19-6-3-13-26-19/h2-8,13-14,17H,9-12,15H2,1H3,(H,22,25)/b8-7+. The van der Waals surface area contributed by atoms with E-state index in [1.165, 1.54) is 0 Å². The van der Waals surface area contributed by atoms with Gasteiger partial charge in [-0.05, 0) is 56.0 Å². The van der Waals surface area contributed by atoms with Crippen molar-refractivity contribution >= 4 is 17.9 Å². The van der Waals surface area contributed by atoms with Crippen LogP contribution in [0.3, 0.4) is 0 Å². The lowest BCUT2D eigenvalue weighted by atomic mass is 9.96. The summed E-state index contributed by atoms with van der Waals surface area (Å²) in [4.78, 5) is 26.3. The Morgan fingerprint density at radius 1 is 1.23 bits per heavy atom. The second kappa shape index (κ2) is 8.52. The second-order valence-corrected chi connectivity index (χ2v) is 6.70. The number of aryl methyl sites for hydroxylation is 1. The summed E-state index contributed by atoms with van der Waals surface area (Å²) in [5.74, 6) is 1.05. The van der Waals surface area contributed by atoms with E-state index in [4.69, 9.17) is 4.42 Å². The number of likely N-dealkylation sites (tertiary alicyclic amines) is 1. The Morgan fingerprint density at radius 3 is 2.73 bits per heavy atom. The summed E-state index contributed by atoms with van der Waals surface area (Å²) >= 11 is 0. The van der Waals surface area contributed by atoms with Crippen LogP contribution in [0, 0.1) is 12.8 Å². The molecular formula is C21H24N2O3. The van der Waals surface area contributed by atoms with Crippen LogP contribution in [0.2, 0.25) is 0 Å². The van der Waals surface area contributed by atoms with Gasteiger partial charge >= 0.3 is 0 Å². The molecule has 0 radical (unpaired) electrons. The van der Waals surface area contributed by atoms with Crippen molar-refractivity contribution in [2.75, 3.05) is 19.6 Å². The summed E-state index contributed by atoms with van der Waals surface area (Å²) in [5.41, 5.74) is 1.77. The van der Waals surface area contributed by atoms with Crippen LogP contribution >= 0.6 is 0 Å². The molecule has 1 saturated heterocycles. The van der Waals surface area contributed by atoms with Crippen LogP contribution in [0.4, 0.5) is 0 Å². The van der Waals surface area contributed by atoms with Gasteiger partial charge < -0.3 is 14.6 Å². The number of piperidine rings is 1. The van der Waals surface area contributed by atoms with E-state index in [9.17, 15) is 9.59 Å². The van der Waals surface area contributed by atoms with Gasteiger partial charge in [0.15, 0.2) is 0 Å². The van der Waals surface area contributed by atoms with Crippen LogP contribution in [0.25, 0.3) is 6.08 Å². The highest BCUT2D eigenvalue weighted by atomic mass is 16.3. The number of furan rings is 1. The Kier molecular flexibility index (Phi) is 5.89. The maximum atomic E-state index is 12.2. The van der Waals surface area contributed by atoms with Crippen LogP contribution in [0.5, 0.6) is 0 Å². The van der Waals surface area contributed by atoms with E-state index in [0.717, 1.165) is 18.4 Å². The zero-order chi connectivity index (χ0) is 18.4. The van der Waals surface area contributed by atoms with E-state index in [-0.39, 0.29) is 11.8 Å². The Morgan fingerprint density at radius 2 is 2.04 bits per heavy atom. The van der Waals surface area contributed by atoms with Gasteiger partial charge in [0.25, 0.3) is 5.91 Å². The first kappa shape index (κ1) is 18.0. The number of nitrogens with zero attached hydrogens (tertiary/aromatic N) is 1. The molecule has 0 saturated carbocycles. The molecule has 2 aromatic rings. The number of hydrogen-bond donors (Lipinski definition) is 1. The summed E-state index contributed by atoms with van der Waals surface area (Å²) in [6.07, 6.45) is 6.62. The third-order valence-electron chi connectivity index (χ3n) is 4.69. The average molecular weight is 352 g/mol. The molecule has 1 aromatic heterocycles. The molecule has 26 heavy (non-hydrogen) atoms. The Balaban J connectivity index is 1.42. The maximum absolute atomic E-state index is 12.2. The van der Waals surface area contributed by atoms with E-state index in [2.05, 4.69) is 5.32 Å². The van der Waals surface area contributed by atoms with Gasteiger partial charge in [-0.15, -0.1) is 0 Å². The van der Waals surface area contributed by atoms with Gasteiger partial charge in [0.2, 0.25) is 5.91 Å². The van der Waals surface area contributed by atoms with Crippen molar-refractivity contribution in [1.82, 2.24) is 10.2 Å². The van der Waals surface area contributed by atoms with Gasteiger partial charge in [-0.3, -0.25) is 9.59 Å². The summed E-state index contributed by atoms with van der Waals surface area (Å²) in [6.45, 7) is 4.06. The maximum Gasteiger partial charge on any atom is 0.251 e. The fraction of sp³-hybridized carbons (Fsp3) is 0.333. The molecule has 5 heteroatoms. The fourth-order valence-electron chi connectivity index (χ4n) is 3.13. The lowest BCUT2D eigenvalue weighted by molar-refractivity contribution is -0.127. The minimum Gasteiger partial charge on any atom is -0.465 e. The summed E-state index contributed by atoms with van der Waals surface area (Å²) in [5, 5.41) is 3.01. The normalized spacial score (nSPS) is 15.3. The molecule has 0 bridgehead atoms. The summed E-state index contributed by atoms with van der Waals surface area (Å²) in [7, 11) is 0. The topological polar surface area (TPSA) is 62.6 Å². The molecule has 0 atom stereocenters. The Bertz CT molecular complexity index is 772. The number of hydrogen-bond acceptors (Lipinski definition) is 3. The fourth-order valence-corrected chi connectivity index (χ4v) is 3.13. The highest BCUT2D eigenvalue weighted by Crippen LogP contribution is 2.17. The van der Waals surface area contributed by atoms with Gasteiger partial charge in [0.05, 0.1) is 6.26 Å². The molecule has 2 heterocycles. The Labute approximate surface area is 153 Å². The first-order valence-corrected chi connectivity index (χ1v) is 8.97. The van der Waals surface area contributed by atoms with Crippen molar-refractivity contribution in [3.63, 3.8) is 0 Å². The highest BCUT2D eigenvalue weighted by molar-refractivity contribution is 5.94. The van der Waals surface area contributed by atoms with Crippen molar-refractivity contribution in [2.45, 2.75) is 19.8 Å². The zero-order valence-electron chi connectivity index (χ0n) is 15.0. The number of nitrogens with one attached hydrogen (secondary N) is 1. The highest BCUT2D eigenvalue weighted by Gasteiger charge is 2.22. The molecule has 1 N–H and O–H groups in total. The van der Waals surface area contributed by atoms with Gasteiger partial charge in [0.1, 0.15) is 5.76 Å². The third kappa shape index (κ3) is 4.85. The number of rotatable bonds is 5. The van der Waals surface area contributed by atoms with Crippen LogP contribution < -0.4 is 5.32 Å². The van der Waals surface area contributed by atoms with Crippen LogP contribution in [0.15, 0.2) is 53.2 Å². The van der Waals surface area contributed by atoms with E-state index >= 15 is 0 Å². The first-order chi connectivity index (χ1) is 12.6. The number of carbonyl (C=O) groups is 2. The molecule has 136 valence electrons. The van der Waals surface area contributed by atoms with E-state index in [0.29, 0.717) is 36.9 Å². The molecule has 0 aliphatic carbocycles. The van der Waals surface area contributed by atoms with E-state index < -0.39 is 0 Å². The molecule has 1 aliphatic heterocycles. The van der Waals surface area contributed by atoms with Crippen molar-refractivity contribution in [3.05, 3.63) is 65.6 Å². The van der Waals surface area contributed by atoms with Crippen molar-refractivity contribution < 1.29 is 14.0 Å². The largest absolute Gasteiger partial charge is 0.465 e. The lowest BCUT2D eigenvalue weighted by Gasteiger charge is -2.31. The average Bonchev–Trinajstić information content (AvgIpc) is 3.18. The van der Waals surface area contributed by atoms with Gasteiger partial charge in [0, 0.05) is 31.3 Å². The molecule has 1 aromatic carbocycles. The zero-order valence-corrected chi connectivity index (χ0v) is 15.0. The molecule has 0 unspecified atom stereocenters. The predicted molar refractivity (Wildman–Crippen MR) is 101 cm³/mol. The van der Waals surface area contributed by atoms with Gasteiger partial charge in [-0.2, -0.15) is 0 Å². The summed E-state index contributed by atoms with van der Waals surface area (Å²) < 4.78 is 5.19. The van der Waals surface area contributed by atoms with Crippen LogP contribution in [-0.2, 0) is 4.79 Å². The third-order valence-corrected chi connectivity index (χ3v) is 4.69. The van der Waals surface area contributed by atoms with E-state index in [1.54, 1.807) is 24.5 Å². The molecule has 3 rings (SSSR count).